The van der Waals surface area contributed by atoms with Crippen molar-refractivity contribution in [3.05, 3.63) is 35.9 Å². The second-order valence-corrected chi connectivity index (χ2v) is 8.28. The molecule has 0 aromatic heterocycles. The quantitative estimate of drug-likeness (QED) is 0.301. The van der Waals surface area contributed by atoms with E-state index >= 15 is 0 Å². The Bertz CT molecular complexity index is 579. The number of amides is 1. The first-order valence-electron chi connectivity index (χ1n) is 11.7. The second kappa shape index (κ2) is 14.2. The summed E-state index contributed by atoms with van der Waals surface area (Å²) in [7, 11) is 0. The lowest BCUT2D eigenvalue weighted by atomic mass is 9.96. The van der Waals surface area contributed by atoms with Crippen LogP contribution in [-0.2, 0) is 9.53 Å². The Morgan fingerprint density at radius 2 is 1.41 bits per heavy atom. The van der Waals surface area contributed by atoms with Crippen LogP contribution in [0.2, 0.25) is 0 Å². The van der Waals surface area contributed by atoms with Crippen LogP contribution < -0.4 is 0 Å². The van der Waals surface area contributed by atoms with E-state index in [1.165, 1.54) is 51.4 Å². The number of rotatable bonds is 13. The van der Waals surface area contributed by atoms with Crippen molar-refractivity contribution in [2.24, 2.45) is 5.92 Å². The van der Waals surface area contributed by atoms with Crippen molar-refractivity contribution in [1.82, 2.24) is 4.90 Å². The van der Waals surface area contributed by atoms with E-state index in [9.17, 15) is 9.59 Å². The van der Waals surface area contributed by atoms with E-state index in [2.05, 4.69) is 6.92 Å². The van der Waals surface area contributed by atoms with Crippen LogP contribution in [0.3, 0.4) is 0 Å². The number of likely N-dealkylation sites (tertiary alicyclic amines) is 1. The SMILES string of the molecule is CCCCCCCCCCCCOC(=O)C1CCN(C(=O)c2ccccc2)CC1. The molecule has 1 heterocycles. The molecule has 1 aromatic rings. The van der Waals surface area contributed by atoms with Crippen molar-refractivity contribution in [3.63, 3.8) is 0 Å². The van der Waals surface area contributed by atoms with Crippen molar-refractivity contribution in [2.45, 2.75) is 84.0 Å². The maximum atomic E-state index is 12.5. The predicted octanol–water partition coefficient (Wildman–Crippen LogP) is 6.00. The third-order valence-electron chi connectivity index (χ3n) is 5.88. The maximum Gasteiger partial charge on any atom is 0.309 e. The minimum atomic E-state index is -0.0762. The molecule has 1 saturated heterocycles. The topological polar surface area (TPSA) is 46.6 Å². The van der Waals surface area contributed by atoms with Gasteiger partial charge in [0.2, 0.25) is 0 Å². The largest absolute Gasteiger partial charge is 0.465 e. The van der Waals surface area contributed by atoms with E-state index in [-0.39, 0.29) is 17.8 Å². The summed E-state index contributed by atoms with van der Waals surface area (Å²) in [5.74, 6) is -0.0755. The van der Waals surface area contributed by atoms with Crippen LogP contribution in [-0.4, -0.2) is 36.5 Å². The molecule has 0 N–H and O–H groups in total. The molecule has 2 rings (SSSR count). The number of ether oxygens (including phenoxy) is 1. The molecule has 0 bridgehead atoms. The molecule has 1 aliphatic heterocycles. The van der Waals surface area contributed by atoms with Crippen LogP contribution in [0.1, 0.15) is 94.3 Å². The van der Waals surface area contributed by atoms with Crippen LogP contribution in [0.15, 0.2) is 30.3 Å². The van der Waals surface area contributed by atoms with Gasteiger partial charge in [0, 0.05) is 18.7 Å². The maximum absolute atomic E-state index is 12.5. The molecule has 0 radical (unpaired) electrons. The van der Waals surface area contributed by atoms with E-state index in [1.54, 1.807) is 0 Å². The molecule has 0 atom stereocenters. The van der Waals surface area contributed by atoms with Crippen molar-refractivity contribution in [1.29, 1.82) is 0 Å². The zero-order valence-electron chi connectivity index (χ0n) is 18.2. The summed E-state index contributed by atoms with van der Waals surface area (Å²) in [6.45, 7) is 4.05. The highest BCUT2D eigenvalue weighted by Gasteiger charge is 2.28. The summed E-state index contributed by atoms with van der Waals surface area (Å²) in [4.78, 5) is 26.6. The lowest BCUT2D eigenvalue weighted by Gasteiger charge is -2.31. The number of benzene rings is 1. The Labute approximate surface area is 177 Å². The Hall–Kier alpha value is -1.84. The first kappa shape index (κ1) is 23.4. The number of carbonyl (C=O) groups is 2. The molecule has 0 aliphatic carbocycles. The first-order valence-corrected chi connectivity index (χ1v) is 11.7. The molecule has 1 aromatic carbocycles. The van der Waals surface area contributed by atoms with E-state index < -0.39 is 0 Å². The van der Waals surface area contributed by atoms with Crippen LogP contribution >= 0.6 is 0 Å². The molecule has 1 amide bonds. The van der Waals surface area contributed by atoms with Gasteiger partial charge >= 0.3 is 5.97 Å². The number of nitrogens with zero attached hydrogens (tertiary/aromatic N) is 1. The summed E-state index contributed by atoms with van der Waals surface area (Å²) < 4.78 is 5.49. The van der Waals surface area contributed by atoms with E-state index in [1.807, 2.05) is 35.2 Å². The molecule has 0 spiro atoms. The minimum Gasteiger partial charge on any atom is -0.465 e. The van der Waals surface area contributed by atoms with Gasteiger partial charge in [0.1, 0.15) is 0 Å². The van der Waals surface area contributed by atoms with Crippen molar-refractivity contribution in [2.75, 3.05) is 19.7 Å². The van der Waals surface area contributed by atoms with Crippen LogP contribution in [0.5, 0.6) is 0 Å². The fraction of sp³-hybridized carbons (Fsp3) is 0.680. The van der Waals surface area contributed by atoms with Gasteiger partial charge in [0.15, 0.2) is 0 Å². The minimum absolute atomic E-state index is 0.0575. The van der Waals surface area contributed by atoms with Gasteiger partial charge in [-0.05, 0) is 31.4 Å². The van der Waals surface area contributed by atoms with Gasteiger partial charge in [0.05, 0.1) is 12.5 Å². The number of piperidine rings is 1. The van der Waals surface area contributed by atoms with E-state index in [0.29, 0.717) is 32.5 Å². The highest BCUT2D eigenvalue weighted by molar-refractivity contribution is 5.94. The monoisotopic (exact) mass is 401 g/mol. The second-order valence-electron chi connectivity index (χ2n) is 8.28. The standard InChI is InChI=1S/C25H39NO3/c1-2-3-4-5-6-7-8-9-10-14-21-29-25(28)23-17-19-26(20-18-23)24(27)22-15-12-11-13-16-22/h11-13,15-16,23H,2-10,14,17-21H2,1H3. The Morgan fingerprint density at radius 1 is 0.862 bits per heavy atom. The van der Waals surface area contributed by atoms with E-state index in [4.69, 9.17) is 4.74 Å². The third-order valence-corrected chi connectivity index (χ3v) is 5.88. The number of unbranched alkanes of at least 4 members (excludes halogenated alkanes) is 9. The number of esters is 1. The predicted molar refractivity (Wildman–Crippen MR) is 118 cm³/mol. The fourth-order valence-electron chi connectivity index (χ4n) is 3.96. The average molecular weight is 402 g/mol. The molecule has 4 nitrogen and oxygen atoms in total. The smallest absolute Gasteiger partial charge is 0.309 e. The molecular formula is C25H39NO3. The third kappa shape index (κ3) is 9.01. The van der Waals surface area contributed by atoms with Gasteiger partial charge in [-0.1, -0.05) is 82.9 Å². The zero-order chi connectivity index (χ0) is 20.7. The Morgan fingerprint density at radius 3 is 2.00 bits per heavy atom. The molecule has 1 fully saturated rings. The normalized spacial score (nSPS) is 14.7. The van der Waals surface area contributed by atoms with Gasteiger partial charge < -0.3 is 9.64 Å². The molecule has 4 heteroatoms. The summed E-state index contributed by atoms with van der Waals surface area (Å²) in [6.07, 6.45) is 14.2. The zero-order valence-corrected chi connectivity index (χ0v) is 18.2. The Kier molecular flexibility index (Phi) is 11.5. The molecule has 1 aliphatic rings. The van der Waals surface area contributed by atoms with E-state index in [0.717, 1.165) is 18.4 Å². The lowest BCUT2D eigenvalue weighted by Crippen LogP contribution is -2.40. The van der Waals surface area contributed by atoms with Crippen molar-refractivity contribution < 1.29 is 14.3 Å². The lowest BCUT2D eigenvalue weighted by molar-refractivity contribution is -0.150. The highest BCUT2D eigenvalue weighted by atomic mass is 16.5. The summed E-state index contributed by atoms with van der Waals surface area (Å²) >= 11 is 0. The fourth-order valence-corrected chi connectivity index (χ4v) is 3.96. The summed E-state index contributed by atoms with van der Waals surface area (Å²) in [6, 6.07) is 9.36. The van der Waals surface area contributed by atoms with Crippen molar-refractivity contribution >= 4 is 11.9 Å². The van der Waals surface area contributed by atoms with Gasteiger partial charge in [-0.15, -0.1) is 0 Å². The van der Waals surface area contributed by atoms with Gasteiger partial charge in [0.25, 0.3) is 5.91 Å². The first-order chi connectivity index (χ1) is 14.2. The summed E-state index contributed by atoms with van der Waals surface area (Å²) in [5.41, 5.74) is 0.717. The molecule has 0 saturated carbocycles. The number of hydrogen-bond donors (Lipinski definition) is 0. The molecule has 29 heavy (non-hydrogen) atoms. The van der Waals surface area contributed by atoms with Gasteiger partial charge in [-0.25, -0.2) is 0 Å². The summed E-state index contributed by atoms with van der Waals surface area (Å²) in [5, 5.41) is 0. The molecular weight excluding hydrogens is 362 g/mol. The molecule has 162 valence electrons. The van der Waals surface area contributed by atoms with Gasteiger partial charge in [-0.2, -0.15) is 0 Å². The number of carbonyl (C=O) groups excluding carboxylic acids is 2. The Balaban J connectivity index is 1.49. The number of hydrogen-bond acceptors (Lipinski definition) is 3. The molecule has 0 unspecified atom stereocenters. The van der Waals surface area contributed by atoms with Gasteiger partial charge in [-0.3, -0.25) is 9.59 Å². The van der Waals surface area contributed by atoms with Crippen molar-refractivity contribution in [3.8, 4) is 0 Å². The van der Waals surface area contributed by atoms with Crippen LogP contribution in [0, 0.1) is 5.92 Å². The van der Waals surface area contributed by atoms with Crippen LogP contribution in [0.25, 0.3) is 0 Å². The van der Waals surface area contributed by atoms with Crippen LogP contribution in [0.4, 0.5) is 0 Å². The average Bonchev–Trinajstić information content (AvgIpc) is 2.77. The highest BCUT2D eigenvalue weighted by Crippen LogP contribution is 2.20.